The molecule has 1 N–H and O–H groups in total. The van der Waals surface area contributed by atoms with Gasteiger partial charge in [-0.3, -0.25) is 4.90 Å². The Labute approximate surface area is 121 Å². The molecule has 2 unspecified atom stereocenters. The first-order chi connectivity index (χ1) is 9.78. The zero-order chi connectivity index (χ0) is 13.9. The lowest BCUT2D eigenvalue weighted by atomic mass is 9.78. The lowest BCUT2D eigenvalue weighted by Gasteiger charge is -2.44. The molecule has 2 fully saturated rings. The van der Waals surface area contributed by atoms with Crippen molar-refractivity contribution in [1.82, 2.24) is 4.90 Å². The Morgan fingerprint density at radius 2 is 2.00 bits per heavy atom. The molecule has 1 aromatic rings. The van der Waals surface area contributed by atoms with Gasteiger partial charge in [0.05, 0.1) is 7.11 Å². The van der Waals surface area contributed by atoms with E-state index in [-0.39, 0.29) is 0 Å². The predicted octanol–water partition coefficient (Wildman–Crippen LogP) is 3.56. The van der Waals surface area contributed by atoms with Gasteiger partial charge in [0.25, 0.3) is 0 Å². The zero-order valence-corrected chi connectivity index (χ0v) is 12.3. The number of methoxy groups -OCH3 is 1. The van der Waals surface area contributed by atoms with Crippen molar-refractivity contribution in [1.29, 1.82) is 0 Å². The molecule has 3 nitrogen and oxygen atoms in total. The molecule has 1 aliphatic carbocycles. The van der Waals surface area contributed by atoms with Crippen LogP contribution in [-0.4, -0.2) is 29.7 Å². The van der Waals surface area contributed by atoms with Crippen LogP contribution in [0.2, 0.25) is 0 Å². The quantitative estimate of drug-likeness (QED) is 0.915. The second-order valence-corrected chi connectivity index (χ2v) is 6.22. The minimum absolute atomic E-state index is 0.363. The molecule has 110 valence electrons. The maximum atomic E-state index is 10.1. The SMILES string of the molecule is COc1ccc(CN2CCCC3CCCCC32)c(O)c1. The van der Waals surface area contributed by atoms with Gasteiger partial charge in [0.1, 0.15) is 11.5 Å². The lowest BCUT2D eigenvalue weighted by molar-refractivity contribution is 0.0541. The number of benzene rings is 1. The van der Waals surface area contributed by atoms with Crippen LogP contribution in [0.25, 0.3) is 0 Å². The third kappa shape index (κ3) is 2.78. The van der Waals surface area contributed by atoms with Crippen LogP contribution < -0.4 is 4.74 Å². The third-order valence-electron chi connectivity index (χ3n) is 5.02. The summed E-state index contributed by atoms with van der Waals surface area (Å²) in [5.41, 5.74) is 1.03. The van der Waals surface area contributed by atoms with E-state index in [1.54, 1.807) is 13.2 Å². The van der Waals surface area contributed by atoms with Crippen molar-refractivity contribution < 1.29 is 9.84 Å². The highest BCUT2D eigenvalue weighted by molar-refractivity contribution is 5.39. The van der Waals surface area contributed by atoms with E-state index in [2.05, 4.69) is 4.90 Å². The molecule has 2 atom stereocenters. The fraction of sp³-hybridized carbons (Fsp3) is 0.647. The number of phenolic OH excluding ortho intramolecular Hbond substituents is 1. The summed E-state index contributed by atoms with van der Waals surface area (Å²) < 4.78 is 5.15. The first kappa shape index (κ1) is 13.7. The van der Waals surface area contributed by atoms with Gasteiger partial charge >= 0.3 is 0 Å². The molecule has 1 heterocycles. The summed E-state index contributed by atoms with van der Waals surface area (Å²) in [5, 5.41) is 10.1. The summed E-state index contributed by atoms with van der Waals surface area (Å²) >= 11 is 0. The van der Waals surface area contributed by atoms with Gasteiger partial charge in [-0.1, -0.05) is 18.9 Å². The third-order valence-corrected chi connectivity index (χ3v) is 5.02. The molecule has 0 spiro atoms. The fourth-order valence-electron chi connectivity index (χ4n) is 3.95. The maximum absolute atomic E-state index is 10.1. The fourth-order valence-corrected chi connectivity index (χ4v) is 3.95. The molecule has 0 aromatic heterocycles. The number of ether oxygens (including phenoxy) is 1. The van der Waals surface area contributed by atoms with Crippen LogP contribution in [0.3, 0.4) is 0 Å². The van der Waals surface area contributed by atoms with Crippen molar-refractivity contribution in [3.8, 4) is 11.5 Å². The topological polar surface area (TPSA) is 32.7 Å². The van der Waals surface area contributed by atoms with Gasteiger partial charge in [-0.2, -0.15) is 0 Å². The second kappa shape index (κ2) is 6.04. The smallest absolute Gasteiger partial charge is 0.123 e. The predicted molar refractivity (Wildman–Crippen MR) is 80.0 cm³/mol. The Balaban J connectivity index is 1.72. The van der Waals surface area contributed by atoms with Crippen LogP contribution in [-0.2, 0) is 6.54 Å². The van der Waals surface area contributed by atoms with Gasteiger partial charge in [0, 0.05) is 24.2 Å². The Bertz CT molecular complexity index is 458. The van der Waals surface area contributed by atoms with E-state index in [1.165, 1.54) is 45.1 Å². The average molecular weight is 275 g/mol. The van der Waals surface area contributed by atoms with Crippen molar-refractivity contribution in [2.24, 2.45) is 5.92 Å². The molecule has 3 rings (SSSR count). The first-order valence-electron chi connectivity index (χ1n) is 7.88. The van der Waals surface area contributed by atoms with Crippen LogP contribution in [0.4, 0.5) is 0 Å². The summed E-state index contributed by atoms with van der Waals surface area (Å²) in [4.78, 5) is 2.59. The molecule has 0 radical (unpaired) electrons. The number of nitrogens with zero attached hydrogens (tertiary/aromatic N) is 1. The van der Waals surface area contributed by atoms with Crippen LogP contribution in [0, 0.1) is 5.92 Å². The highest BCUT2D eigenvalue weighted by atomic mass is 16.5. The molecule has 0 amide bonds. The molecule has 1 saturated carbocycles. The number of piperidine rings is 1. The number of likely N-dealkylation sites (tertiary alicyclic amines) is 1. The van der Waals surface area contributed by atoms with Gasteiger partial charge in [-0.25, -0.2) is 0 Å². The molecule has 3 heteroatoms. The van der Waals surface area contributed by atoms with Gasteiger partial charge in [-0.05, 0) is 44.2 Å². The van der Waals surface area contributed by atoms with Crippen molar-refractivity contribution in [2.45, 2.75) is 51.1 Å². The van der Waals surface area contributed by atoms with Crippen LogP contribution in [0.5, 0.6) is 11.5 Å². The van der Waals surface area contributed by atoms with Crippen LogP contribution in [0.1, 0.15) is 44.1 Å². The number of hydrogen-bond donors (Lipinski definition) is 1. The summed E-state index contributed by atoms with van der Waals surface area (Å²) in [6.07, 6.45) is 8.21. The normalized spacial score (nSPS) is 27.1. The summed E-state index contributed by atoms with van der Waals surface area (Å²) in [7, 11) is 1.63. The first-order valence-corrected chi connectivity index (χ1v) is 7.88. The van der Waals surface area contributed by atoms with Crippen molar-refractivity contribution in [3.63, 3.8) is 0 Å². The zero-order valence-electron chi connectivity index (χ0n) is 12.3. The number of phenols is 1. The standard InChI is InChI=1S/C17H25NO2/c1-20-15-9-8-14(17(19)11-15)12-18-10-4-6-13-5-2-3-7-16(13)18/h8-9,11,13,16,19H,2-7,10,12H2,1H3. The Kier molecular flexibility index (Phi) is 4.16. The van der Waals surface area contributed by atoms with E-state index in [9.17, 15) is 5.11 Å². The van der Waals surface area contributed by atoms with E-state index in [4.69, 9.17) is 4.74 Å². The Morgan fingerprint density at radius 1 is 1.20 bits per heavy atom. The van der Waals surface area contributed by atoms with Crippen molar-refractivity contribution in [2.75, 3.05) is 13.7 Å². The van der Waals surface area contributed by atoms with E-state index < -0.39 is 0 Å². The molecule has 1 aliphatic heterocycles. The molecule has 20 heavy (non-hydrogen) atoms. The highest BCUT2D eigenvalue weighted by Crippen LogP contribution is 2.36. The summed E-state index contributed by atoms with van der Waals surface area (Å²) in [6, 6.07) is 6.40. The molecule has 2 aliphatic rings. The van der Waals surface area contributed by atoms with E-state index in [0.717, 1.165) is 29.8 Å². The number of rotatable bonds is 3. The second-order valence-electron chi connectivity index (χ2n) is 6.22. The maximum Gasteiger partial charge on any atom is 0.123 e. The number of hydrogen-bond acceptors (Lipinski definition) is 3. The highest BCUT2D eigenvalue weighted by Gasteiger charge is 2.33. The Hall–Kier alpha value is -1.22. The minimum Gasteiger partial charge on any atom is -0.507 e. The number of fused-ring (bicyclic) bond motifs is 1. The summed E-state index contributed by atoms with van der Waals surface area (Å²) in [5.74, 6) is 1.97. The largest absolute Gasteiger partial charge is 0.507 e. The number of aromatic hydroxyl groups is 1. The van der Waals surface area contributed by atoms with E-state index in [1.807, 2.05) is 12.1 Å². The van der Waals surface area contributed by atoms with E-state index >= 15 is 0 Å². The van der Waals surface area contributed by atoms with Crippen LogP contribution >= 0.6 is 0 Å². The van der Waals surface area contributed by atoms with Gasteiger partial charge in [0.2, 0.25) is 0 Å². The molecule has 1 saturated heterocycles. The molecular formula is C17H25NO2. The molecule has 1 aromatic carbocycles. The van der Waals surface area contributed by atoms with Crippen molar-refractivity contribution >= 4 is 0 Å². The average Bonchev–Trinajstić information content (AvgIpc) is 2.49. The van der Waals surface area contributed by atoms with Gasteiger partial charge in [-0.15, -0.1) is 0 Å². The van der Waals surface area contributed by atoms with Crippen LogP contribution in [0.15, 0.2) is 18.2 Å². The monoisotopic (exact) mass is 275 g/mol. The van der Waals surface area contributed by atoms with E-state index in [0.29, 0.717) is 5.75 Å². The van der Waals surface area contributed by atoms with Gasteiger partial charge in [0.15, 0.2) is 0 Å². The minimum atomic E-state index is 0.363. The van der Waals surface area contributed by atoms with Crippen molar-refractivity contribution in [3.05, 3.63) is 23.8 Å². The Morgan fingerprint density at radius 3 is 2.80 bits per heavy atom. The molecule has 0 bridgehead atoms. The van der Waals surface area contributed by atoms with Gasteiger partial charge < -0.3 is 9.84 Å². The molecular weight excluding hydrogens is 250 g/mol. The lowest BCUT2D eigenvalue weighted by Crippen LogP contribution is -2.46. The summed E-state index contributed by atoms with van der Waals surface area (Å²) in [6.45, 7) is 2.05.